The minimum Gasteiger partial charge on any atom is -0.496 e. The maximum atomic E-state index is 12.5. The van der Waals surface area contributed by atoms with Crippen LogP contribution in [0.4, 0.5) is 5.69 Å². The second-order valence-electron chi connectivity index (χ2n) is 6.76. The van der Waals surface area contributed by atoms with E-state index < -0.39 is 0 Å². The number of methoxy groups -OCH3 is 1. The van der Waals surface area contributed by atoms with Crippen LogP contribution in [-0.4, -0.2) is 33.5 Å². The van der Waals surface area contributed by atoms with Crippen molar-refractivity contribution in [1.82, 2.24) is 14.8 Å². The minimum absolute atomic E-state index is 0.111. The molecule has 3 aromatic rings. The number of benzene rings is 2. The number of carbonyl (C=O) groups is 1. The van der Waals surface area contributed by atoms with Crippen LogP contribution in [-0.2, 0) is 11.3 Å². The molecule has 0 aliphatic carbocycles. The first-order valence-electron chi connectivity index (χ1n) is 9.30. The smallest absolute Gasteiger partial charge is 0.234 e. The number of allylic oxidation sites excluding steroid dienone is 1. The molecule has 0 radical (unpaired) electrons. The summed E-state index contributed by atoms with van der Waals surface area (Å²) in [6.45, 7) is 8.30. The molecule has 1 aromatic heterocycles. The number of aryl methyl sites for hydroxylation is 2. The molecule has 1 heterocycles. The maximum absolute atomic E-state index is 12.5. The molecule has 0 spiro atoms. The molecule has 156 valence electrons. The highest BCUT2D eigenvalue weighted by Gasteiger charge is 2.18. The van der Waals surface area contributed by atoms with Gasteiger partial charge in [0.1, 0.15) is 5.75 Å². The van der Waals surface area contributed by atoms with Crippen molar-refractivity contribution in [3.05, 3.63) is 65.2 Å². The molecule has 0 unspecified atom stereocenters. The Morgan fingerprint density at radius 1 is 1.23 bits per heavy atom. The van der Waals surface area contributed by atoms with Gasteiger partial charge in [0, 0.05) is 17.3 Å². The zero-order chi connectivity index (χ0) is 21.7. The average molecular weight is 443 g/mol. The van der Waals surface area contributed by atoms with Gasteiger partial charge >= 0.3 is 0 Å². The molecule has 3 rings (SSSR count). The van der Waals surface area contributed by atoms with Crippen LogP contribution in [0.3, 0.4) is 0 Å². The largest absolute Gasteiger partial charge is 0.496 e. The van der Waals surface area contributed by atoms with E-state index in [0.29, 0.717) is 28.3 Å². The Morgan fingerprint density at radius 2 is 1.97 bits per heavy atom. The van der Waals surface area contributed by atoms with Crippen molar-refractivity contribution in [2.75, 3.05) is 18.2 Å². The van der Waals surface area contributed by atoms with E-state index in [-0.39, 0.29) is 11.7 Å². The summed E-state index contributed by atoms with van der Waals surface area (Å²) in [7, 11) is 1.59. The third-order valence-corrected chi connectivity index (χ3v) is 5.47. The molecule has 6 nitrogen and oxygen atoms in total. The standard InChI is InChI=1S/C22H23ClN4O2S/c1-5-8-27-21(18-12-16(23)6-7-19(18)29-4)25-26-22(27)30-13-20(28)24-17-10-14(2)9-15(3)11-17/h5-7,9-12H,1,8,13H2,2-4H3,(H,24,28). The van der Waals surface area contributed by atoms with Crippen molar-refractivity contribution in [3.63, 3.8) is 0 Å². The van der Waals surface area contributed by atoms with Crippen LogP contribution in [0.25, 0.3) is 11.4 Å². The van der Waals surface area contributed by atoms with Gasteiger partial charge in [-0.15, -0.1) is 16.8 Å². The van der Waals surface area contributed by atoms with Crippen molar-refractivity contribution in [2.45, 2.75) is 25.5 Å². The highest BCUT2D eigenvalue weighted by atomic mass is 35.5. The molecule has 0 aliphatic rings. The minimum atomic E-state index is -0.111. The monoisotopic (exact) mass is 442 g/mol. The van der Waals surface area contributed by atoms with Crippen LogP contribution in [0.15, 0.2) is 54.2 Å². The fraction of sp³-hybridized carbons (Fsp3) is 0.227. The van der Waals surface area contributed by atoms with Gasteiger partial charge in [-0.3, -0.25) is 9.36 Å². The van der Waals surface area contributed by atoms with Gasteiger partial charge < -0.3 is 10.1 Å². The van der Waals surface area contributed by atoms with E-state index >= 15 is 0 Å². The van der Waals surface area contributed by atoms with E-state index in [1.807, 2.05) is 30.5 Å². The molecule has 1 amide bonds. The predicted molar refractivity (Wildman–Crippen MR) is 122 cm³/mol. The summed E-state index contributed by atoms with van der Waals surface area (Å²) >= 11 is 7.48. The van der Waals surface area contributed by atoms with E-state index in [0.717, 1.165) is 22.4 Å². The molecule has 8 heteroatoms. The molecule has 0 saturated heterocycles. The summed E-state index contributed by atoms with van der Waals surface area (Å²) in [5, 5.41) is 12.7. The first-order chi connectivity index (χ1) is 14.4. The number of aromatic nitrogens is 3. The quantitative estimate of drug-likeness (QED) is 0.386. The first kappa shape index (κ1) is 21.9. The van der Waals surface area contributed by atoms with E-state index in [1.54, 1.807) is 31.4 Å². The van der Waals surface area contributed by atoms with Crippen molar-refractivity contribution >= 4 is 35.0 Å². The Labute approximate surface area is 185 Å². The maximum Gasteiger partial charge on any atom is 0.234 e. The lowest BCUT2D eigenvalue weighted by molar-refractivity contribution is -0.113. The van der Waals surface area contributed by atoms with Crippen molar-refractivity contribution < 1.29 is 9.53 Å². The zero-order valence-corrected chi connectivity index (χ0v) is 18.7. The van der Waals surface area contributed by atoms with E-state index in [1.165, 1.54) is 11.8 Å². The van der Waals surface area contributed by atoms with Crippen LogP contribution in [0.1, 0.15) is 11.1 Å². The fourth-order valence-corrected chi connectivity index (χ4v) is 4.04. The summed E-state index contributed by atoms with van der Waals surface area (Å²) < 4.78 is 7.33. The topological polar surface area (TPSA) is 69.0 Å². The lowest BCUT2D eigenvalue weighted by Gasteiger charge is -2.11. The predicted octanol–water partition coefficient (Wildman–Crippen LogP) is 5.14. The molecule has 0 bridgehead atoms. The molecule has 2 aromatic carbocycles. The van der Waals surface area contributed by atoms with Gasteiger partial charge in [0.15, 0.2) is 11.0 Å². The number of ether oxygens (including phenoxy) is 1. The van der Waals surface area contributed by atoms with E-state index in [2.05, 4.69) is 28.2 Å². The molecule has 1 N–H and O–H groups in total. The molecule has 30 heavy (non-hydrogen) atoms. The number of nitrogens with zero attached hydrogens (tertiary/aromatic N) is 3. The third-order valence-electron chi connectivity index (χ3n) is 4.27. The summed E-state index contributed by atoms with van der Waals surface area (Å²) in [5.41, 5.74) is 3.72. The van der Waals surface area contributed by atoms with Crippen molar-refractivity contribution in [3.8, 4) is 17.1 Å². The normalized spacial score (nSPS) is 10.7. The van der Waals surface area contributed by atoms with Crippen LogP contribution in [0.2, 0.25) is 5.02 Å². The van der Waals surface area contributed by atoms with Gasteiger partial charge in [-0.25, -0.2) is 0 Å². The van der Waals surface area contributed by atoms with Gasteiger partial charge in [0.05, 0.1) is 18.4 Å². The second kappa shape index (κ2) is 9.82. The van der Waals surface area contributed by atoms with Crippen LogP contribution >= 0.6 is 23.4 Å². The van der Waals surface area contributed by atoms with Crippen LogP contribution in [0, 0.1) is 13.8 Å². The van der Waals surface area contributed by atoms with Crippen LogP contribution in [0.5, 0.6) is 5.75 Å². The average Bonchev–Trinajstić information content (AvgIpc) is 3.08. The lowest BCUT2D eigenvalue weighted by Crippen LogP contribution is -2.15. The molecule has 0 atom stereocenters. The lowest BCUT2D eigenvalue weighted by atomic mass is 10.1. The summed E-state index contributed by atoms with van der Waals surface area (Å²) in [6.07, 6.45) is 1.75. The summed E-state index contributed by atoms with van der Waals surface area (Å²) in [4.78, 5) is 12.5. The third kappa shape index (κ3) is 5.23. The zero-order valence-electron chi connectivity index (χ0n) is 17.1. The summed E-state index contributed by atoms with van der Waals surface area (Å²) in [5.74, 6) is 1.34. The number of anilines is 1. The Morgan fingerprint density at radius 3 is 2.63 bits per heavy atom. The van der Waals surface area contributed by atoms with Gasteiger partial charge in [-0.2, -0.15) is 0 Å². The number of halogens is 1. The molecule has 0 fully saturated rings. The fourth-order valence-electron chi connectivity index (χ4n) is 3.12. The number of carbonyl (C=O) groups excluding carboxylic acids is 1. The van der Waals surface area contributed by atoms with E-state index in [9.17, 15) is 4.79 Å². The number of amides is 1. The SMILES string of the molecule is C=CCn1c(SCC(=O)Nc2cc(C)cc(C)c2)nnc1-c1cc(Cl)ccc1OC. The van der Waals surface area contributed by atoms with Gasteiger partial charge in [0.25, 0.3) is 0 Å². The number of rotatable bonds is 8. The Bertz CT molecular complexity index is 1060. The number of nitrogens with one attached hydrogen (secondary N) is 1. The highest BCUT2D eigenvalue weighted by Crippen LogP contribution is 2.33. The van der Waals surface area contributed by atoms with Crippen molar-refractivity contribution in [1.29, 1.82) is 0 Å². The van der Waals surface area contributed by atoms with Crippen LogP contribution < -0.4 is 10.1 Å². The van der Waals surface area contributed by atoms with E-state index in [4.69, 9.17) is 16.3 Å². The second-order valence-corrected chi connectivity index (χ2v) is 8.14. The number of hydrogen-bond donors (Lipinski definition) is 1. The van der Waals surface area contributed by atoms with Crippen molar-refractivity contribution in [2.24, 2.45) is 0 Å². The molecular weight excluding hydrogens is 420 g/mol. The highest BCUT2D eigenvalue weighted by molar-refractivity contribution is 7.99. The van der Waals surface area contributed by atoms with Gasteiger partial charge in [-0.05, 0) is 55.3 Å². The van der Waals surface area contributed by atoms with Gasteiger partial charge in [0.2, 0.25) is 5.91 Å². The molecular formula is C22H23ClN4O2S. The molecule has 0 saturated carbocycles. The Balaban J connectivity index is 1.79. The summed E-state index contributed by atoms with van der Waals surface area (Å²) in [6, 6.07) is 11.3. The molecule has 0 aliphatic heterocycles. The first-order valence-corrected chi connectivity index (χ1v) is 10.7. The Kier molecular flexibility index (Phi) is 7.18. The number of hydrogen-bond acceptors (Lipinski definition) is 5. The number of thioether (sulfide) groups is 1. The van der Waals surface area contributed by atoms with Gasteiger partial charge in [-0.1, -0.05) is 35.5 Å². The Hall–Kier alpha value is -2.77.